The SMILES string of the molecule is CCCC1CCC(N)C(Sc2ccccc2Cl)C1. The molecule has 1 nitrogen and oxygen atoms in total. The molecule has 0 amide bonds. The standard InChI is InChI=1S/C15H22ClNS/c1-2-5-11-8-9-13(17)15(10-11)18-14-7-4-3-6-12(14)16/h3-4,6-7,11,13,15H,2,5,8-10,17H2,1H3. The predicted octanol–water partition coefficient (Wildman–Crippen LogP) is 4.73. The normalized spacial score (nSPS) is 28.3. The fourth-order valence-corrected chi connectivity index (χ4v) is 4.36. The molecule has 1 aliphatic rings. The number of halogens is 1. The zero-order valence-electron chi connectivity index (χ0n) is 10.9. The van der Waals surface area contributed by atoms with Gasteiger partial charge >= 0.3 is 0 Å². The fourth-order valence-electron chi connectivity index (χ4n) is 2.74. The summed E-state index contributed by atoms with van der Waals surface area (Å²) in [4.78, 5) is 1.18. The van der Waals surface area contributed by atoms with Gasteiger partial charge in [0.1, 0.15) is 0 Å². The van der Waals surface area contributed by atoms with E-state index in [4.69, 9.17) is 17.3 Å². The summed E-state index contributed by atoms with van der Waals surface area (Å²) >= 11 is 8.10. The van der Waals surface area contributed by atoms with Gasteiger partial charge in [-0.05, 0) is 37.3 Å². The minimum Gasteiger partial charge on any atom is -0.327 e. The van der Waals surface area contributed by atoms with E-state index in [1.54, 1.807) is 0 Å². The van der Waals surface area contributed by atoms with Gasteiger partial charge in [0.05, 0.1) is 5.02 Å². The number of benzene rings is 1. The lowest BCUT2D eigenvalue weighted by atomic mass is 9.83. The highest BCUT2D eigenvalue weighted by Gasteiger charge is 2.28. The first-order valence-electron chi connectivity index (χ1n) is 6.87. The number of hydrogen-bond acceptors (Lipinski definition) is 2. The maximum absolute atomic E-state index is 6.27. The Labute approximate surface area is 119 Å². The maximum atomic E-state index is 6.27. The van der Waals surface area contributed by atoms with E-state index in [0.717, 1.165) is 17.4 Å². The van der Waals surface area contributed by atoms with Crippen molar-refractivity contribution < 1.29 is 0 Å². The summed E-state index contributed by atoms with van der Waals surface area (Å²) < 4.78 is 0. The summed E-state index contributed by atoms with van der Waals surface area (Å²) in [6, 6.07) is 8.41. The van der Waals surface area contributed by atoms with Crippen molar-refractivity contribution in [1.82, 2.24) is 0 Å². The van der Waals surface area contributed by atoms with Gasteiger partial charge in [0.15, 0.2) is 0 Å². The van der Waals surface area contributed by atoms with Crippen LogP contribution in [0, 0.1) is 5.92 Å². The highest BCUT2D eigenvalue weighted by molar-refractivity contribution is 8.00. The lowest BCUT2D eigenvalue weighted by Gasteiger charge is -2.33. The Morgan fingerprint density at radius 3 is 2.83 bits per heavy atom. The summed E-state index contributed by atoms with van der Waals surface area (Å²) in [5, 5.41) is 1.38. The van der Waals surface area contributed by atoms with E-state index in [-0.39, 0.29) is 0 Å². The second-order valence-electron chi connectivity index (χ2n) is 5.22. The zero-order valence-corrected chi connectivity index (χ0v) is 12.5. The molecule has 3 unspecified atom stereocenters. The van der Waals surface area contributed by atoms with Crippen molar-refractivity contribution in [3.05, 3.63) is 29.3 Å². The summed E-state index contributed by atoms with van der Waals surface area (Å²) in [6.07, 6.45) is 6.32. The molecule has 1 fully saturated rings. The molecule has 0 bridgehead atoms. The Kier molecular flexibility index (Phi) is 5.40. The van der Waals surface area contributed by atoms with E-state index < -0.39 is 0 Å². The summed E-state index contributed by atoms with van der Waals surface area (Å²) in [6.45, 7) is 2.27. The van der Waals surface area contributed by atoms with Crippen molar-refractivity contribution >= 4 is 23.4 Å². The Balaban J connectivity index is 2.00. The van der Waals surface area contributed by atoms with E-state index in [2.05, 4.69) is 13.0 Å². The van der Waals surface area contributed by atoms with Crippen molar-refractivity contribution in [2.24, 2.45) is 11.7 Å². The van der Waals surface area contributed by atoms with E-state index in [1.807, 2.05) is 30.0 Å². The summed E-state index contributed by atoms with van der Waals surface area (Å²) in [5.74, 6) is 0.856. The highest BCUT2D eigenvalue weighted by Crippen LogP contribution is 2.39. The summed E-state index contributed by atoms with van der Waals surface area (Å²) in [7, 11) is 0. The van der Waals surface area contributed by atoms with E-state index in [1.165, 1.54) is 30.6 Å². The molecule has 0 saturated heterocycles. The van der Waals surface area contributed by atoms with Crippen LogP contribution in [-0.4, -0.2) is 11.3 Å². The Morgan fingerprint density at radius 1 is 1.33 bits per heavy atom. The molecule has 2 rings (SSSR count). The Bertz CT molecular complexity index is 383. The van der Waals surface area contributed by atoms with Crippen LogP contribution in [0.15, 0.2) is 29.2 Å². The lowest BCUT2D eigenvalue weighted by molar-refractivity contribution is 0.317. The Hall–Kier alpha value is -0.180. The van der Waals surface area contributed by atoms with Gasteiger partial charge < -0.3 is 5.73 Å². The molecule has 1 aromatic carbocycles. The molecule has 2 N–H and O–H groups in total. The van der Waals surface area contributed by atoms with Crippen LogP contribution in [0.25, 0.3) is 0 Å². The number of hydrogen-bond donors (Lipinski definition) is 1. The van der Waals surface area contributed by atoms with Gasteiger partial charge in [-0.25, -0.2) is 0 Å². The molecule has 0 radical (unpaired) electrons. The fraction of sp³-hybridized carbons (Fsp3) is 0.600. The van der Waals surface area contributed by atoms with Gasteiger partial charge in [0.2, 0.25) is 0 Å². The topological polar surface area (TPSA) is 26.0 Å². The summed E-state index contributed by atoms with van der Waals surface area (Å²) in [5.41, 5.74) is 6.27. The van der Waals surface area contributed by atoms with Crippen LogP contribution in [0.4, 0.5) is 0 Å². The van der Waals surface area contributed by atoms with Gasteiger partial charge in [-0.1, -0.05) is 43.5 Å². The monoisotopic (exact) mass is 283 g/mol. The van der Waals surface area contributed by atoms with Crippen molar-refractivity contribution in [2.45, 2.75) is 55.2 Å². The van der Waals surface area contributed by atoms with Crippen molar-refractivity contribution in [3.8, 4) is 0 Å². The van der Waals surface area contributed by atoms with Crippen LogP contribution in [-0.2, 0) is 0 Å². The van der Waals surface area contributed by atoms with Crippen LogP contribution in [0.3, 0.4) is 0 Å². The van der Waals surface area contributed by atoms with E-state index >= 15 is 0 Å². The second kappa shape index (κ2) is 6.83. The first-order chi connectivity index (χ1) is 8.70. The lowest BCUT2D eigenvalue weighted by Crippen LogP contribution is -2.38. The molecular formula is C15H22ClNS. The molecule has 1 aromatic rings. The van der Waals surface area contributed by atoms with Gasteiger partial charge in [0.25, 0.3) is 0 Å². The second-order valence-corrected chi connectivity index (χ2v) is 6.91. The number of thioether (sulfide) groups is 1. The van der Waals surface area contributed by atoms with Crippen LogP contribution >= 0.6 is 23.4 Å². The van der Waals surface area contributed by atoms with Crippen LogP contribution in [0.2, 0.25) is 5.02 Å². The average Bonchev–Trinajstić information content (AvgIpc) is 2.36. The minimum atomic E-state index is 0.319. The molecule has 3 atom stereocenters. The van der Waals surface area contributed by atoms with Crippen LogP contribution < -0.4 is 5.73 Å². The molecule has 1 saturated carbocycles. The van der Waals surface area contributed by atoms with E-state index in [9.17, 15) is 0 Å². The first-order valence-corrected chi connectivity index (χ1v) is 8.13. The average molecular weight is 284 g/mol. The quantitative estimate of drug-likeness (QED) is 0.865. The Morgan fingerprint density at radius 2 is 2.11 bits per heavy atom. The largest absolute Gasteiger partial charge is 0.327 e. The third-order valence-electron chi connectivity index (χ3n) is 3.76. The highest BCUT2D eigenvalue weighted by atomic mass is 35.5. The van der Waals surface area contributed by atoms with Gasteiger partial charge in [-0.3, -0.25) is 0 Å². The molecule has 0 aliphatic heterocycles. The molecule has 0 heterocycles. The third kappa shape index (κ3) is 3.66. The van der Waals surface area contributed by atoms with E-state index in [0.29, 0.717) is 11.3 Å². The van der Waals surface area contributed by atoms with Crippen molar-refractivity contribution in [1.29, 1.82) is 0 Å². The van der Waals surface area contributed by atoms with Gasteiger partial charge in [0, 0.05) is 16.2 Å². The number of rotatable bonds is 4. The van der Waals surface area contributed by atoms with Crippen LogP contribution in [0.5, 0.6) is 0 Å². The molecule has 3 heteroatoms. The zero-order chi connectivity index (χ0) is 13.0. The predicted molar refractivity (Wildman–Crippen MR) is 81.3 cm³/mol. The first kappa shape index (κ1) is 14.2. The van der Waals surface area contributed by atoms with Crippen LogP contribution in [0.1, 0.15) is 39.0 Å². The van der Waals surface area contributed by atoms with Gasteiger partial charge in [-0.2, -0.15) is 0 Å². The van der Waals surface area contributed by atoms with Crippen molar-refractivity contribution in [2.75, 3.05) is 0 Å². The molecule has 18 heavy (non-hydrogen) atoms. The molecular weight excluding hydrogens is 262 g/mol. The third-order valence-corrected chi connectivity index (χ3v) is 5.66. The smallest absolute Gasteiger partial charge is 0.0541 e. The minimum absolute atomic E-state index is 0.319. The van der Waals surface area contributed by atoms with Gasteiger partial charge in [-0.15, -0.1) is 11.8 Å². The molecule has 1 aliphatic carbocycles. The molecule has 0 aromatic heterocycles. The molecule has 0 spiro atoms. The van der Waals surface area contributed by atoms with Crippen molar-refractivity contribution in [3.63, 3.8) is 0 Å². The number of nitrogens with two attached hydrogens (primary N) is 1. The molecule has 100 valence electrons. The maximum Gasteiger partial charge on any atom is 0.0541 e.